The molecule has 2 aliphatic heterocycles. The number of benzene rings is 15. The van der Waals surface area contributed by atoms with Crippen molar-refractivity contribution < 1.29 is 0 Å². The molecular weight excluding hydrogens is 1260 g/mol. The molecule has 0 unspecified atom stereocenters. The molecule has 3 heteroatoms. The van der Waals surface area contributed by atoms with Crippen LogP contribution in [0.4, 0.5) is 34.1 Å². The molecule has 0 aromatic heterocycles. The molecule has 2 heterocycles. The van der Waals surface area contributed by atoms with Gasteiger partial charge in [-0.25, -0.2) is 0 Å². The van der Waals surface area contributed by atoms with Gasteiger partial charge in [0.2, 0.25) is 0 Å². The first kappa shape index (κ1) is 66.2. The second-order valence-electron chi connectivity index (χ2n) is 31.6. The third kappa shape index (κ3) is 12.1. The van der Waals surface area contributed by atoms with Crippen LogP contribution in [0.2, 0.25) is 0 Å². The highest BCUT2D eigenvalue weighted by molar-refractivity contribution is 7.00. The van der Waals surface area contributed by atoms with Gasteiger partial charge in [-0.15, -0.1) is 0 Å². The van der Waals surface area contributed by atoms with Gasteiger partial charge in [0.25, 0.3) is 6.71 Å². The van der Waals surface area contributed by atoms with Crippen LogP contribution in [0.3, 0.4) is 0 Å². The molecule has 15 aromatic carbocycles. The number of rotatable bonds is 12. The number of nitrogens with zero attached hydrogens (tertiary/aromatic N) is 2. The summed E-state index contributed by atoms with van der Waals surface area (Å²) in [7, 11) is 0. The summed E-state index contributed by atoms with van der Waals surface area (Å²) in [6.07, 6.45) is 0. The lowest BCUT2D eigenvalue weighted by molar-refractivity contribution is 0.590. The predicted octanol–water partition coefficient (Wildman–Crippen LogP) is 26.3. The van der Waals surface area contributed by atoms with Gasteiger partial charge in [0.15, 0.2) is 0 Å². The van der Waals surface area contributed by atoms with Gasteiger partial charge < -0.3 is 9.80 Å². The maximum atomic E-state index is 2.75. The fourth-order valence-corrected chi connectivity index (χ4v) is 16.4. The van der Waals surface area contributed by atoms with E-state index in [-0.39, 0.29) is 23.0 Å². The quantitative estimate of drug-likeness (QED) is 0.113. The van der Waals surface area contributed by atoms with Crippen LogP contribution in [0.25, 0.3) is 111 Å². The van der Waals surface area contributed by atoms with Gasteiger partial charge in [-0.05, 0) is 175 Å². The molecule has 0 atom stereocenters. The van der Waals surface area contributed by atoms with Gasteiger partial charge in [0.05, 0.1) is 11.4 Å². The molecule has 0 spiro atoms. The third-order valence-electron chi connectivity index (χ3n) is 21.7. The SMILES string of the molecule is CC(C)(C)c1cccc(-c2ccc3c(c2)B2c4cc(-c5cccc(C(C)(C)C)c5)ccc4N(c4c(-c5ccccc5)c(-c5ccccc5)cc(-c5ccccc5)c4-c4ccccc4)c4cc(C(C)(C)C)cc(c42)N3c2c(-c3ccccc3)c(-c3ccccc3)cc(-c3ccccc3)c2-c2ccccc2)c1. The van der Waals surface area contributed by atoms with Gasteiger partial charge in [-0.2, -0.15) is 0 Å². The number of fused-ring (bicyclic) bond motifs is 4. The molecule has 2 nitrogen and oxygen atoms in total. The lowest BCUT2D eigenvalue weighted by atomic mass is 9.33. The molecule has 105 heavy (non-hydrogen) atoms. The fraction of sp³-hybridized carbons (Fsp3) is 0.118. The van der Waals surface area contributed by atoms with E-state index in [1.54, 1.807) is 0 Å². The first-order valence-corrected chi connectivity index (χ1v) is 37.2. The molecule has 0 aliphatic carbocycles. The van der Waals surface area contributed by atoms with Gasteiger partial charge in [0, 0.05) is 45.0 Å². The topological polar surface area (TPSA) is 6.48 Å². The Morgan fingerprint density at radius 1 is 0.200 bits per heavy atom. The molecule has 2 aliphatic rings. The summed E-state index contributed by atoms with van der Waals surface area (Å²) in [6.45, 7) is 20.9. The first-order valence-electron chi connectivity index (χ1n) is 37.2. The molecular formula is C102H85BN2. The standard InChI is InChI=1S/C102H85BN2/c1-100(2,3)80-54-34-52-76(60-80)78-56-58-89-87(62-78)103-88-63-79(77-53-35-55-81(61-77)101(4,5)6)57-59-90(88)105(99-95(74-48-30-16-31-49-74)85(70-40-22-12-23-41-70)67-86(71-42-24-13-25-43-71)96(99)75-50-32-17-33-51-75)92-65-82(102(7,8)9)64-91(97(92)103)104(89)98-93(72-44-26-14-27-45-72)83(68-36-18-10-19-37-68)66-84(69-38-20-11-21-39-69)94(98)73-46-28-15-29-47-73/h10-67H,1-9H3. The van der Waals surface area contributed by atoms with Crippen LogP contribution in [-0.2, 0) is 16.2 Å². The second kappa shape index (κ2) is 26.7. The Bertz CT molecular complexity index is 5180. The average Bonchev–Trinajstić information content (AvgIpc) is 0.683. The molecule has 17 rings (SSSR count). The van der Waals surface area contributed by atoms with Crippen molar-refractivity contribution in [3.63, 3.8) is 0 Å². The van der Waals surface area contributed by atoms with Crippen LogP contribution in [0, 0.1) is 0 Å². The highest BCUT2D eigenvalue weighted by Gasteiger charge is 2.47. The van der Waals surface area contributed by atoms with E-state index in [0.717, 1.165) is 123 Å². The zero-order valence-electron chi connectivity index (χ0n) is 61.5. The normalized spacial score (nSPS) is 12.6. The van der Waals surface area contributed by atoms with E-state index >= 15 is 0 Å². The van der Waals surface area contributed by atoms with Crippen LogP contribution in [0.15, 0.2) is 352 Å². The molecule has 0 N–H and O–H groups in total. The molecule has 0 fully saturated rings. The average molecular weight is 1350 g/mol. The molecule has 0 bridgehead atoms. The molecule has 506 valence electrons. The molecule has 0 radical (unpaired) electrons. The monoisotopic (exact) mass is 1350 g/mol. The first-order chi connectivity index (χ1) is 51.0. The van der Waals surface area contributed by atoms with Crippen molar-refractivity contribution in [1.29, 1.82) is 0 Å². The van der Waals surface area contributed by atoms with E-state index in [9.17, 15) is 0 Å². The van der Waals surface area contributed by atoms with E-state index in [1.807, 2.05) is 0 Å². The van der Waals surface area contributed by atoms with Crippen LogP contribution in [0.1, 0.15) is 79.0 Å². The zero-order valence-corrected chi connectivity index (χ0v) is 61.5. The third-order valence-corrected chi connectivity index (χ3v) is 21.7. The lowest BCUT2D eigenvalue weighted by Gasteiger charge is -2.47. The lowest BCUT2D eigenvalue weighted by Crippen LogP contribution is -2.61. The van der Waals surface area contributed by atoms with Crippen molar-refractivity contribution >= 4 is 57.2 Å². The Balaban J connectivity index is 1.12. The van der Waals surface area contributed by atoms with Crippen LogP contribution >= 0.6 is 0 Å². The number of hydrogen-bond acceptors (Lipinski definition) is 2. The van der Waals surface area contributed by atoms with Crippen molar-refractivity contribution in [3.05, 3.63) is 369 Å². The summed E-state index contributed by atoms with van der Waals surface area (Å²) < 4.78 is 0. The van der Waals surface area contributed by atoms with Gasteiger partial charge >= 0.3 is 0 Å². The maximum absolute atomic E-state index is 2.75. The smallest absolute Gasteiger partial charge is 0.252 e. The number of hydrogen-bond donors (Lipinski definition) is 0. The summed E-state index contributed by atoms with van der Waals surface area (Å²) in [5, 5.41) is 0. The minimum absolute atomic E-state index is 0.0800. The van der Waals surface area contributed by atoms with E-state index in [1.165, 1.54) is 55.3 Å². The van der Waals surface area contributed by atoms with Crippen molar-refractivity contribution in [2.75, 3.05) is 9.80 Å². The Morgan fingerprint density at radius 3 is 0.714 bits per heavy atom. The molecule has 0 amide bonds. The Kier molecular flexibility index (Phi) is 16.8. The summed E-state index contributed by atoms with van der Waals surface area (Å²) in [6, 6.07) is 133. The van der Waals surface area contributed by atoms with E-state index in [0.29, 0.717) is 0 Å². The van der Waals surface area contributed by atoms with Crippen molar-refractivity contribution in [2.45, 2.75) is 78.6 Å². The Labute approximate surface area is 621 Å². The zero-order chi connectivity index (χ0) is 71.7. The highest BCUT2D eigenvalue weighted by atomic mass is 15.2. The molecule has 15 aromatic rings. The highest BCUT2D eigenvalue weighted by Crippen LogP contribution is 2.59. The van der Waals surface area contributed by atoms with Crippen molar-refractivity contribution in [3.8, 4) is 111 Å². The predicted molar refractivity (Wildman–Crippen MR) is 451 cm³/mol. The summed E-state index contributed by atoms with van der Waals surface area (Å²) in [5.41, 5.74) is 36.7. The fourth-order valence-electron chi connectivity index (χ4n) is 16.4. The van der Waals surface area contributed by atoms with Crippen LogP contribution in [0.5, 0.6) is 0 Å². The van der Waals surface area contributed by atoms with Crippen molar-refractivity contribution in [2.24, 2.45) is 0 Å². The van der Waals surface area contributed by atoms with Gasteiger partial charge in [-0.3, -0.25) is 0 Å². The summed E-state index contributed by atoms with van der Waals surface area (Å²) in [5.74, 6) is 0. The minimum atomic E-state index is -0.361. The van der Waals surface area contributed by atoms with Crippen LogP contribution < -0.4 is 26.2 Å². The molecule has 0 saturated heterocycles. The summed E-state index contributed by atoms with van der Waals surface area (Å²) >= 11 is 0. The van der Waals surface area contributed by atoms with Gasteiger partial charge in [-0.1, -0.05) is 378 Å². The second-order valence-corrected chi connectivity index (χ2v) is 31.6. The maximum Gasteiger partial charge on any atom is 0.252 e. The number of anilines is 6. The summed E-state index contributed by atoms with van der Waals surface area (Å²) in [4.78, 5) is 5.51. The van der Waals surface area contributed by atoms with Crippen molar-refractivity contribution in [1.82, 2.24) is 0 Å². The minimum Gasteiger partial charge on any atom is -0.310 e. The molecule has 0 saturated carbocycles. The van der Waals surface area contributed by atoms with Gasteiger partial charge in [0.1, 0.15) is 0 Å². The largest absolute Gasteiger partial charge is 0.310 e. The van der Waals surface area contributed by atoms with Crippen LogP contribution in [-0.4, -0.2) is 6.71 Å². The van der Waals surface area contributed by atoms with E-state index in [4.69, 9.17) is 0 Å². The Morgan fingerprint density at radius 2 is 0.448 bits per heavy atom. The van der Waals surface area contributed by atoms with E-state index < -0.39 is 0 Å². The van der Waals surface area contributed by atoms with E-state index in [2.05, 4.69) is 424 Å². The Hall–Kier alpha value is -12.0.